The molecule has 0 radical (unpaired) electrons. The van der Waals surface area contributed by atoms with Crippen LogP contribution in [-0.4, -0.2) is 27.8 Å². The van der Waals surface area contributed by atoms with Crippen LogP contribution >= 0.6 is 11.3 Å². The number of benzene rings is 1. The van der Waals surface area contributed by atoms with Gasteiger partial charge in [0, 0.05) is 24.9 Å². The van der Waals surface area contributed by atoms with Crippen LogP contribution in [0.2, 0.25) is 0 Å². The van der Waals surface area contributed by atoms with Crippen molar-refractivity contribution in [1.82, 2.24) is 20.5 Å². The van der Waals surface area contributed by atoms with Gasteiger partial charge in [-0.2, -0.15) is 0 Å². The van der Waals surface area contributed by atoms with Gasteiger partial charge >= 0.3 is 6.03 Å². The molecule has 3 aromatic rings. The summed E-state index contributed by atoms with van der Waals surface area (Å²) in [5, 5.41) is 15.0. The summed E-state index contributed by atoms with van der Waals surface area (Å²) in [6, 6.07) is 9.41. The van der Waals surface area contributed by atoms with Crippen LogP contribution in [0.25, 0.3) is 11.5 Å². The first-order valence-corrected chi connectivity index (χ1v) is 9.43. The normalized spacial score (nSPS) is 10.7. The monoisotopic (exact) mass is 371 g/mol. The summed E-state index contributed by atoms with van der Waals surface area (Å²) < 4.78 is 5.48. The number of aromatic nitrogens is 3. The van der Waals surface area contributed by atoms with Crippen molar-refractivity contribution in [2.24, 2.45) is 0 Å². The quantitative estimate of drug-likeness (QED) is 0.626. The Balaban J connectivity index is 1.42. The summed E-state index contributed by atoms with van der Waals surface area (Å²) in [5.74, 6) is 0.582. The van der Waals surface area contributed by atoms with E-state index < -0.39 is 0 Å². The largest absolute Gasteiger partial charge is 0.444 e. The van der Waals surface area contributed by atoms with Gasteiger partial charge in [0.2, 0.25) is 11.0 Å². The van der Waals surface area contributed by atoms with Crippen molar-refractivity contribution < 1.29 is 9.21 Å². The number of urea groups is 1. The van der Waals surface area contributed by atoms with Crippen molar-refractivity contribution in [2.45, 2.75) is 32.6 Å². The molecule has 0 aliphatic carbocycles. The Morgan fingerprint density at radius 3 is 2.85 bits per heavy atom. The zero-order valence-corrected chi connectivity index (χ0v) is 15.4. The Hall–Kier alpha value is -2.74. The molecule has 2 aromatic heterocycles. The number of unbranched alkanes of at least 4 members (excludes halogenated alkanes) is 1. The molecule has 1 aromatic carbocycles. The molecule has 0 fully saturated rings. The number of aryl methyl sites for hydroxylation is 1. The highest BCUT2D eigenvalue weighted by atomic mass is 32.1. The van der Waals surface area contributed by atoms with E-state index in [4.69, 9.17) is 4.42 Å². The van der Waals surface area contributed by atoms with Gasteiger partial charge in [0.25, 0.3) is 0 Å². The number of carbonyl (C=O) groups excluding carboxylic acids is 1. The Bertz CT molecular complexity index is 831. The number of anilines is 1. The molecule has 0 bridgehead atoms. The van der Waals surface area contributed by atoms with Crippen molar-refractivity contribution in [3.63, 3.8) is 0 Å². The van der Waals surface area contributed by atoms with Gasteiger partial charge in [0.1, 0.15) is 11.3 Å². The van der Waals surface area contributed by atoms with Gasteiger partial charge in [0.05, 0.1) is 5.69 Å². The van der Waals surface area contributed by atoms with Crippen LogP contribution in [0.4, 0.5) is 9.93 Å². The molecular formula is C18H21N5O2S. The molecule has 0 saturated carbocycles. The summed E-state index contributed by atoms with van der Waals surface area (Å²) in [7, 11) is 0. The van der Waals surface area contributed by atoms with Crippen molar-refractivity contribution in [1.29, 1.82) is 0 Å². The molecule has 7 nitrogen and oxygen atoms in total. The standard InChI is InChI=1S/C18H21N5O2S/c1-2-3-9-15-22-23-18(26-15)21-17(24)19-11-10-14-12-25-16(20-14)13-7-5-4-6-8-13/h4-8,12H,2-3,9-11H2,1H3,(H2,19,21,23,24). The van der Waals surface area contributed by atoms with E-state index in [1.807, 2.05) is 30.3 Å². The average Bonchev–Trinajstić information content (AvgIpc) is 3.30. The van der Waals surface area contributed by atoms with Gasteiger partial charge in [-0.05, 0) is 18.6 Å². The van der Waals surface area contributed by atoms with E-state index >= 15 is 0 Å². The second kappa shape index (κ2) is 9.10. The fraction of sp³-hybridized carbons (Fsp3) is 0.333. The highest BCUT2D eigenvalue weighted by Crippen LogP contribution is 2.18. The molecule has 2 amide bonds. The van der Waals surface area contributed by atoms with Gasteiger partial charge in [-0.15, -0.1) is 10.2 Å². The van der Waals surface area contributed by atoms with E-state index in [9.17, 15) is 4.79 Å². The van der Waals surface area contributed by atoms with Gasteiger partial charge in [-0.1, -0.05) is 42.9 Å². The molecule has 0 atom stereocenters. The van der Waals surface area contributed by atoms with E-state index in [1.54, 1.807) is 6.26 Å². The number of nitrogens with zero attached hydrogens (tertiary/aromatic N) is 3. The summed E-state index contributed by atoms with van der Waals surface area (Å²) in [5.41, 5.74) is 1.72. The summed E-state index contributed by atoms with van der Waals surface area (Å²) in [6.45, 7) is 2.58. The number of hydrogen-bond donors (Lipinski definition) is 2. The maximum atomic E-state index is 11.9. The van der Waals surface area contributed by atoms with Crippen LogP contribution in [-0.2, 0) is 12.8 Å². The lowest BCUT2D eigenvalue weighted by atomic mass is 10.2. The van der Waals surface area contributed by atoms with Crippen LogP contribution < -0.4 is 10.6 Å². The fourth-order valence-corrected chi connectivity index (χ4v) is 3.09. The molecule has 2 N–H and O–H groups in total. The van der Waals surface area contributed by atoms with E-state index in [-0.39, 0.29) is 6.03 Å². The minimum atomic E-state index is -0.296. The Morgan fingerprint density at radius 1 is 1.19 bits per heavy atom. The predicted octanol–water partition coefficient (Wildman–Crippen LogP) is 3.90. The summed E-state index contributed by atoms with van der Waals surface area (Å²) in [4.78, 5) is 16.4. The third kappa shape index (κ3) is 5.13. The van der Waals surface area contributed by atoms with Crippen molar-refractivity contribution in [3.8, 4) is 11.5 Å². The van der Waals surface area contributed by atoms with Crippen molar-refractivity contribution in [3.05, 3.63) is 47.3 Å². The Labute approximate surface area is 155 Å². The van der Waals surface area contributed by atoms with Crippen LogP contribution in [0.1, 0.15) is 30.5 Å². The lowest BCUT2D eigenvalue weighted by Gasteiger charge is -2.03. The zero-order chi connectivity index (χ0) is 18.2. The maximum Gasteiger partial charge on any atom is 0.321 e. The van der Waals surface area contributed by atoms with Gasteiger partial charge in [0.15, 0.2) is 0 Å². The van der Waals surface area contributed by atoms with Crippen LogP contribution in [0, 0.1) is 0 Å². The number of carbonyl (C=O) groups is 1. The van der Waals surface area contributed by atoms with E-state index in [0.29, 0.717) is 24.0 Å². The smallest absolute Gasteiger partial charge is 0.321 e. The second-order valence-corrected chi connectivity index (χ2v) is 6.81. The Kier molecular flexibility index (Phi) is 6.32. The molecule has 0 saturated heterocycles. The molecule has 8 heteroatoms. The van der Waals surface area contributed by atoms with Gasteiger partial charge in [-0.3, -0.25) is 5.32 Å². The zero-order valence-electron chi connectivity index (χ0n) is 14.6. The highest BCUT2D eigenvalue weighted by Gasteiger charge is 2.09. The number of oxazole rings is 1. The maximum absolute atomic E-state index is 11.9. The Morgan fingerprint density at radius 2 is 2.04 bits per heavy atom. The SMILES string of the molecule is CCCCc1nnc(NC(=O)NCCc2coc(-c3ccccc3)n2)s1. The minimum absolute atomic E-state index is 0.296. The van der Waals surface area contributed by atoms with Crippen LogP contribution in [0.15, 0.2) is 41.0 Å². The van der Waals surface area contributed by atoms with Gasteiger partial charge in [-0.25, -0.2) is 9.78 Å². The average molecular weight is 371 g/mol. The van der Waals surface area contributed by atoms with Gasteiger partial charge < -0.3 is 9.73 Å². The first-order valence-electron chi connectivity index (χ1n) is 8.61. The molecule has 0 unspecified atom stereocenters. The number of amides is 2. The molecule has 26 heavy (non-hydrogen) atoms. The molecular weight excluding hydrogens is 350 g/mol. The van der Waals surface area contributed by atoms with Crippen molar-refractivity contribution >= 4 is 22.5 Å². The summed E-state index contributed by atoms with van der Waals surface area (Å²) >= 11 is 1.41. The first kappa shape index (κ1) is 18.1. The topological polar surface area (TPSA) is 92.9 Å². The number of hydrogen-bond acceptors (Lipinski definition) is 6. The van der Waals surface area contributed by atoms with E-state index in [1.165, 1.54) is 11.3 Å². The molecule has 136 valence electrons. The van der Waals surface area contributed by atoms with E-state index in [2.05, 4.69) is 32.7 Å². The number of rotatable bonds is 8. The predicted molar refractivity (Wildman–Crippen MR) is 101 cm³/mol. The summed E-state index contributed by atoms with van der Waals surface area (Å²) in [6.07, 6.45) is 5.28. The molecule has 0 spiro atoms. The lowest BCUT2D eigenvalue weighted by Crippen LogP contribution is -2.30. The molecule has 3 rings (SSSR count). The second-order valence-electron chi connectivity index (χ2n) is 5.75. The lowest BCUT2D eigenvalue weighted by molar-refractivity contribution is 0.252. The third-order valence-electron chi connectivity index (χ3n) is 3.67. The minimum Gasteiger partial charge on any atom is -0.444 e. The fourth-order valence-electron chi connectivity index (χ4n) is 2.31. The number of nitrogens with one attached hydrogen (secondary N) is 2. The third-order valence-corrected chi connectivity index (χ3v) is 4.57. The first-order chi connectivity index (χ1) is 12.7. The molecule has 2 heterocycles. The van der Waals surface area contributed by atoms with Crippen molar-refractivity contribution in [2.75, 3.05) is 11.9 Å². The van der Waals surface area contributed by atoms with Crippen LogP contribution in [0.3, 0.4) is 0 Å². The molecule has 0 aliphatic rings. The molecule has 0 aliphatic heterocycles. The van der Waals surface area contributed by atoms with E-state index in [0.717, 1.165) is 35.5 Å². The highest BCUT2D eigenvalue weighted by molar-refractivity contribution is 7.15. The van der Waals surface area contributed by atoms with Crippen LogP contribution in [0.5, 0.6) is 0 Å².